The smallest absolute Gasteiger partial charge is 0.283 e. The maximum Gasteiger partial charge on any atom is 0.297 e. The molecule has 1 aliphatic rings. The number of carbonyl (C=O) groups excluding carboxylic acids is 1. The minimum atomic E-state index is -0.491. The summed E-state index contributed by atoms with van der Waals surface area (Å²) in [4.78, 5) is 35.3. The number of para-hydroxylation sites is 2. The normalized spacial score (nSPS) is 18.3. The molecule has 0 radical (unpaired) electrons. The van der Waals surface area contributed by atoms with Crippen LogP contribution in [0.2, 0.25) is 0 Å². The van der Waals surface area contributed by atoms with E-state index in [-0.39, 0.29) is 17.5 Å². The Morgan fingerprint density at radius 3 is 1.92 bits per heavy atom. The maximum atomic E-state index is 13.1. The fraction of sp³-hybridized carbons (Fsp3) is 0.200. The number of hydrazine groups is 1. The Labute approximate surface area is 221 Å². The molecule has 0 bridgehead atoms. The molecule has 8 nitrogen and oxygen atoms in total. The fourth-order valence-electron chi connectivity index (χ4n) is 4.62. The lowest BCUT2D eigenvalue weighted by Crippen LogP contribution is -2.38. The maximum absolute atomic E-state index is 13.1. The van der Waals surface area contributed by atoms with Crippen LogP contribution in [0.25, 0.3) is 5.69 Å². The summed E-state index contributed by atoms with van der Waals surface area (Å²) in [5.41, 5.74) is 4.38. The quantitative estimate of drug-likeness (QED) is 0.366. The van der Waals surface area contributed by atoms with Gasteiger partial charge in [0.05, 0.1) is 23.1 Å². The van der Waals surface area contributed by atoms with Crippen molar-refractivity contribution in [1.82, 2.24) is 14.4 Å². The minimum Gasteiger partial charge on any atom is -0.283 e. The first-order chi connectivity index (χ1) is 18.4. The molecule has 2 atom stereocenters. The van der Waals surface area contributed by atoms with Crippen molar-refractivity contribution >= 4 is 29.7 Å². The van der Waals surface area contributed by atoms with Crippen LogP contribution < -0.4 is 10.6 Å². The Morgan fingerprint density at radius 2 is 1.32 bits per heavy atom. The predicted molar refractivity (Wildman–Crippen MR) is 152 cm³/mol. The van der Waals surface area contributed by atoms with Gasteiger partial charge in [-0.05, 0) is 49.2 Å². The van der Waals surface area contributed by atoms with Gasteiger partial charge in [0, 0.05) is 26.5 Å². The second-order valence-corrected chi connectivity index (χ2v) is 9.36. The summed E-state index contributed by atoms with van der Waals surface area (Å²) >= 11 is 0. The van der Waals surface area contributed by atoms with E-state index < -0.39 is 6.04 Å². The van der Waals surface area contributed by atoms with Gasteiger partial charge in [0.15, 0.2) is 5.69 Å². The van der Waals surface area contributed by atoms with Crippen molar-refractivity contribution in [2.75, 3.05) is 12.1 Å². The molecule has 1 fully saturated rings. The van der Waals surface area contributed by atoms with E-state index in [1.165, 1.54) is 0 Å². The zero-order valence-electron chi connectivity index (χ0n) is 21.9. The molecule has 0 N–H and O–H groups in total. The van der Waals surface area contributed by atoms with Gasteiger partial charge in [-0.3, -0.25) is 19.3 Å². The summed E-state index contributed by atoms with van der Waals surface area (Å²) < 4.78 is 3.43. The zero-order valence-corrected chi connectivity index (χ0v) is 21.9. The van der Waals surface area contributed by atoms with Gasteiger partial charge in [0.2, 0.25) is 0 Å². The zero-order chi connectivity index (χ0) is 26.8. The summed E-state index contributed by atoms with van der Waals surface area (Å²) in [6.45, 7) is 3.88. The van der Waals surface area contributed by atoms with Crippen LogP contribution in [0.4, 0.5) is 11.4 Å². The van der Waals surface area contributed by atoms with Gasteiger partial charge in [0.25, 0.3) is 11.5 Å². The molecule has 0 saturated carbocycles. The van der Waals surface area contributed by atoms with Crippen molar-refractivity contribution < 1.29 is 4.79 Å². The minimum absolute atomic E-state index is 0.0504. The molecule has 0 aliphatic carbocycles. The summed E-state index contributed by atoms with van der Waals surface area (Å²) in [7, 11) is 3.76. The van der Waals surface area contributed by atoms with Crippen LogP contribution in [-0.4, -0.2) is 51.8 Å². The number of hydrogen-bond donors (Lipinski definition) is 0. The van der Waals surface area contributed by atoms with Crippen LogP contribution >= 0.6 is 0 Å². The van der Waals surface area contributed by atoms with Crippen LogP contribution in [0, 0.1) is 6.92 Å². The molecule has 38 heavy (non-hydrogen) atoms. The lowest BCUT2D eigenvalue weighted by Gasteiger charge is -2.26. The Balaban J connectivity index is 1.31. The lowest BCUT2D eigenvalue weighted by molar-refractivity contribution is -0.118. The average molecular weight is 507 g/mol. The van der Waals surface area contributed by atoms with Crippen LogP contribution in [0.5, 0.6) is 0 Å². The highest BCUT2D eigenvalue weighted by Gasteiger charge is 2.42. The first-order valence-electron chi connectivity index (χ1n) is 12.5. The van der Waals surface area contributed by atoms with E-state index in [2.05, 4.69) is 9.98 Å². The number of anilines is 1. The van der Waals surface area contributed by atoms with E-state index in [1.54, 1.807) is 22.1 Å². The Hall–Kier alpha value is -4.56. The third-order valence-corrected chi connectivity index (χ3v) is 7.01. The number of aliphatic imine (C=N–C) groups is 2. The van der Waals surface area contributed by atoms with Crippen molar-refractivity contribution in [2.24, 2.45) is 17.0 Å². The van der Waals surface area contributed by atoms with Crippen molar-refractivity contribution in [2.45, 2.75) is 25.9 Å². The van der Waals surface area contributed by atoms with Gasteiger partial charge in [-0.15, -0.1) is 0 Å². The van der Waals surface area contributed by atoms with Crippen molar-refractivity contribution in [3.05, 3.63) is 112 Å². The third-order valence-electron chi connectivity index (χ3n) is 7.01. The number of nitrogens with zero attached hydrogens (tertiary/aromatic N) is 6. The number of rotatable bonds is 6. The monoisotopic (exact) mass is 506 g/mol. The molecule has 1 saturated heterocycles. The summed E-state index contributed by atoms with van der Waals surface area (Å²) in [5.74, 6) is -0.0504. The molecule has 8 heteroatoms. The first-order valence-corrected chi connectivity index (χ1v) is 12.5. The largest absolute Gasteiger partial charge is 0.297 e. The Morgan fingerprint density at radius 1 is 0.763 bits per heavy atom. The van der Waals surface area contributed by atoms with Gasteiger partial charge >= 0.3 is 0 Å². The molecule has 1 amide bonds. The standard InChI is InChI=1S/C30H30N6O2/c1-21-27(29(37)35(33(21)3)25-11-7-5-8-12-25)31-19-23-15-17-24(18-16-23)20-32-28-22(2)34(4)36(30(28)38)26-13-9-6-10-14-26/h5-21,27H,1-4H3. The molecule has 192 valence electrons. The molecule has 1 aromatic heterocycles. The molecule has 1 aliphatic heterocycles. The molecule has 3 aromatic carbocycles. The van der Waals surface area contributed by atoms with Gasteiger partial charge in [0.1, 0.15) is 6.04 Å². The van der Waals surface area contributed by atoms with Crippen molar-refractivity contribution in [3.8, 4) is 5.69 Å². The van der Waals surface area contributed by atoms with E-state index in [0.29, 0.717) is 5.69 Å². The predicted octanol–water partition coefficient (Wildman–Crippen LogP) is 4.30. The molecule has 2 heterocycles. The van der Waals surface area contributed by atoms with Gasteiger partial charge in [-0.2, -0.15) is 0 Å². The molecular formula is C30H30N6O2. The second kappa shape index (κ2) is 10.4. The highest BCUT2D eigenvalue weighted by Crippen LogP contribution is 2.27. The van der Waals surface area contributed by atoms with Gasteiger partial charge in [-0.25, -0.2) is 19.7 Å². The summed E-state index contributed by atoms with van der Waals surface area (Å²) in [6, 6.07) is 26.2. The van der Waals surface area contributed by atoms with E-state index in [1.807, 2.05) is 123 Å². The van der Waals surface area contributed by atoms with Crippen LogP contribution in [-0.2, 0) is 11.8 Å². The van der Waals surface area contributed by atoms with E-state index in [0.717, 1.165) is 28.2 Å². The number of amides is 1. The van der Waals surface area contributed by atoms with Gasteiger partial charge < -0.3 is 0 Å². The van der Waals surface area contributed by atoms with Crippen LogP contribution in [0.3, 0.4) is 0 Å². The number of hydrogen-bond acceptors (Lipinski definition) is 5. The Bertz CT molecular complexity index is 1550. The SMILES string of the molecule is Cc1c(N=Cc2ccc(C=NC3C(=O)N(c4ccccc4)N(C)C3C)cc2)c(=O)n(-c2ccccc2)n1C. The van der Waals surface area contributed by atoms with Gasteiger partial charge in [-0.1, -0.05) is 60.7 Å². The summed E-state index contributed by atoms with van der Waals surface area (Å²) in [6.07, 6.45) is 3.43. The van der Waals surface area contributed by atoms with E-state index in [9.17, 15) is 9.59 Å². The summed E-state index contributed by atoms with van der Waals surface area (Å²) in [5, 5.41) is 3.61. The molecule has 2 unspecified atom stereocenters. The Kier molecular flexibility index (Phi) is 6.89. The number of likely N-dealkylation sites (N-methyl/N-ethyl adjacent to an activating group) is 1. The van der Waals surface area contributed by atoms with Crippen molar-refractivity contribution in [3.63, 3.8) is 0 Å². The molecule has 5 rings (SSSR count). The van der Waals surface area contributed by atoms with Crippen molar-refractivity contribution in [1.29, 1.82) is 0 Å². The van der Waals surface area contributed by atoms with E-state index in [4.69, 9.17) is 0 Å². The van der Waals surface area contributed by atoms with E-state index >= 15 is 0 Å². The lowest BCUT2D eigenvalue weighted by atomic mass is 10.1. The topological polar surface area (TPSA) is 75.2 Å². The second-order valence-electron chi connectivity index (χ2n) is 9.36. The van der Waals surface area contributed by atoms with Crippen LogP contribution in [0.1, 0.15) is 23.7 Å². The third kappa shape index (κ3) is 4.62. The first kappa shape index (κ1) is 25.1. The highest BCUT2D eigenvalue weighted by molar-refractivity contribution is 6.00. The molecule has 4 aromatic rings. The molecular weight excluding hydrogens is 476 g/mol. The average Bonchev–Trinajstić information content (AvgIpc) is 3.29. The molecule has 0 spiro atoms. The highest BCUT2D eigenvalue weighted by atomic mass is 16.2. The number of benzene rings is 3. The fourth-order valence-corrected chi connectivity index (χ4v) is 4.62. The number of carbonyl (C=O) groups is 1. The van der Waals surface area contributed by atoms with Crippen LogP contribution in [0.15, 0.2) is 99.7 Å². The number of aromatic nitrogens is 2.